The fraction of sp³-hybridized carbons (Fsp3) is 0.500. The van der Waals surface area contributed by atoms with Crippen LogP contribution in [0.4, 0.5) is 0 Å². The molecule has 0 spiro atoms. The second kappa shape index (κ2) is 6.16. The van der Waals surface area contributed by atoms with E-state index in [0.717, 1.165) is 12.8 Å². The van der Waals surface area contributed by atoms with Gasteiger partial charge in [0.1, 0.15) is 5.75 Å². The summed E-state index contributed by atoms with van der Waals surface area (Å²) in [6.45, 7) is 1.82. The van der Waals surface area contributed by atoms with Crippen molar-refractivity contribution in [2.45, 2.75) is 38.1 Å². The summed E-state index contributed by atoms with van der Waals surface area (Å²) in [7, 11) is 1.54. The first kappa shape index (κ1) is 15.4. The Morgan fingerprint density at radius 3 is 2.81 bits per heavy atom. The Kier molecular flexibility index (Phi) is 4.50. The van der Waals surface area contributed by atoms with E-state index in [1.54, 1.807) is 31.4 Å². The van der Waals surface area contributed by atoms with Crippen LogP contribution < -0.4 is 10.1 Å². The van der Waals surface area contributed by atoms with Gasteiger partial charge in [-0.25, -0.2) is 0 Å². The van der Waals surface area contributed by atoms with Gasteiger partial charge < -0.3 is 15.2 Å². The van der Waals surface area contributed by atoms with Crippen LogP contribution in [0.1, 0.15) is 43.0 Å². The minimum Gasteiger partial charge on any atom is -0.497 e. The van der Waals surface area contributed by atoms with Gasteiger partial charge in [-0.15, -0.1) is 0 Å². The summed E-state index contributed by atoms with van der Waals surface area (Å²) in [5.74, 6) is -1.04. The Morgan fingerprint density at radius 2 is 2.14 bits per heavy atom. The number of carboxylic acid groups (broad SMARTS) is 1. The third-order valence-corrected chi connectivity index (χ3v) is 4.24. The highest BCUT2D eigenvalue weighted by atomic mass is 16.5. The highest BCUT2D eigenvalue weighted by Gasteiger charge is 2.42. The molecule has 2 N–H and O–H groups in total. The van der Waals surface area contributed by atoms with Crippen LogP contribution in [0.25, 0.3) is 0 Å². The fourth-order valence-corrected chi connectivity index (χ4v) is 2.97. The molecule has 2 unspecified atom stereocenters. The molecule has 5 heteroatoms. The van der Waals surface area contributed by atoms with Crippen LogP contribution >= 0.6 is 0 Å². The van der Waals surface area contributed by atoms with Gasteiger partial charge in [-0.05, 0) is 38.0 Å². The molecule has 21 heavy (non-hydrogen) atoms. The molecule has 1 saturated carbocycles. The molecule has 2 rings (SSSR count). The second-order valence-electron chi connectivity index (χ2n) is 5.74. The van der Waals surface area contributed by atoms with Crippen LogP contribution in [-0.2, 0) is 4.79 Å². The van der Waals surface area contributed by atoms with Gasteiger partial charge in [0.15, 0.2) is 0 Å². The number of methoxy groups -OCH3 is 1. The van der Waals surface area contributed by atoms with Crippen molar-refractivity contribution in [2.24, 2.45) is 5.92 Å². The van der Waals surface area contributed by atoms with Gasteiger partial charge in [0.2, 0.25) is 0 Å². The van der Waals surface area contributed by atoms with Crippen LogP contribution in [0.5, 0.6) is 5.75 Å². The summed E-state index contributed by atoms with van der Waals surface area (Å²) < 4.78 is 5.11. The lowest BCUT2D eigenvalue weighted by molar-refractivity contribution is -0.145. The predicted octanol–water partition coefficient (Wildman–Crippen LogP) is 2.46. The molecule has 2 atom stereocenters. The topological polar surface area (TPSA) is 75.6 Å². The first-order valence-electron chi connectivity index (χ1n) is 7.15. The molecular weight excluding hydrogens is 270 g/mol. The molecule has 1 aliphatic carbocycles. The Labute approximate surface area is 124 Å². The van der Waals surface area contributed by atoms with Crippen molar-refractivity contribution in [2.75, 3.05) is 7.11 Å². The molecule has 1 aromatic rings. The first-order valence-corrected chi connectivity index (χ1v) is 7.15. The number of hydrogen-bond donors (Lipinski definition) is 2. The second-order valence-corrected chi connectivity index (χ2v) is 5.74. The molecule has 0 radical (unpaired) electrons. The summed E-state index contributed by atoms with van der Waals surface area (Å²) in [5, 5.41) is 12.3. The highest BCUT2D eigenvalue weighted by Crippen LogP contribution is 2.34. The molecular formula is C16H21NO4. The smallest absolute Gasteiger partial charge is 0.308 e. The van der Waals surface area contributed by atoms with Crippen LogP contribution in [0.15, 0.2) is 24.3 Å². The van der Waals surface area contributed by atoms with Crippen molar-refractivity contribution in [3.05, 3.63) is 29.8 Å². The van der Waals surface area contributed by atoms with Crippen LogP contribution in [0.3, 0.4) is 0 Å². The maximum Gasteiger partial charge on any atom is 0.308 e. The Balaban J connectivity index is 2.18. The quantitative estimate of drug-likeness (QED) is 0.893. The standard InChI is InChI=1S/C16H21NO4/c1-16(9-4-3-8-13(16)15(19)20)17-14(18)11-6-5-7-12(10-11)21-2/h5-7,10,13H,3-4,8-9H2,1-2H3,(H,17,18)(H,19,20). The van der Waals surface area contributed by atoms with Crippen LogP contribution in [0, 0.1) is 5.92 Å². The average Bonchev–Trinajstić information content (AvgIpc) is 2.47. The predicted molar refractivity (Wildman–Crippen MR) is 78.5 cm³/mol. The zero-order valence-corrected chi connectivity index (χ0v) is 12.4. The molecule has 0 aromatic heterocycles. The number of hydrogen-bond acceptors (Lipinski definition) is 3. The zero-order chi connectivity index (χ0) is 15.5. The molecule has 0 aliphatic heterocycles. The fourth-order valence-electron chi connectivity index (χ4n) is 2.97. The lowest BCUT2D eigenvalue weighted by Crippen LogP contribution is -2.55. The van der Waals surface area contributed by atoms with Gasteiger partial charge in [0.05, 0.1) is 18.6 Å². The zero-order valence-electron chi connectivity index (χ0n) is 12.4. The minimum atomic E-state index is -0.844. The Morgan fingerprint density at radius 1 is 1.38 bits per heavy atom. The van der Waals surface area contributed by atoms with E-state index in [2.05, 4.69) is 5.32 Å². The van der Waals surface area contributed by atoms with E-state index in [4.69, 9.17) is 4.74 Å². The number of amides is 1. The summed E-state index contributed by atoms with van der Waals surface area (Å²) >= 11 is 0. The number of benzene rings is 1. The van der Waals surface area contributed by atoms with E-state index < -0.39 is 17.4 Å². The minimum absolute atomic E-state index is 0.260. The molecule has 1 aliphatic rings. The van der Waals surface area contributed by atoms with Gasteiger partial charge in [-0.1, -0.05) is 18.9 Å². The molecule has 0 heterocycles. The third-order valence-electron chi connectivity index (χ3n) is 4.24. The van der Waals surface area contributed by atoms with Crippen molar-refractivity contribution in [3.63, 3.8) is 0 Å². The molecule has 114 valence electrons. The summed E-state index contributed by atoms with van der Waals surface area (Å²) in [6, 6.07) is 6.85. The summed E-state index contributed by atoms with van der Waals surface area (Å²) in [4.78, 5) is 23.8. The lowest BCUT2D eigenvalue weighted by Gasteiger charge is -2.39. The third kappa shape index (κ3) is 3.35. The number of carbonyl (C=O) groups excluding carboxylic acids is 1. The SMILES string of the molecule is COc1cccc(C(=O)NC2(C)CCCCC2C(=O)O)c1. The van der Waals surface area contributed by atoms with Crippen LogP contribution in [0.2, 0.25) is 0 Å². The maximum atomic E-state index is 12.4. The largest absolute Gasteiger partial charge is 0.497 e. The van der Waals surface area contributed by atoms with Crippen LogP contribution in [-0.4, -0.2) is 29.6 Å². The Bertz CT molecular complexity index is 543. The highest BCUT2D eigenvalue weighted by molar-refractivity contribution is 5.95. The normalized spacial score (nSPS) is 25.1. The van der Waals surface area contributed by atoms with E-state index >= 15 is 0 Å². The average molecular weight is 291 g/mol. The maximum absolute atomic E-state index is 12.4. The van der Waals surface area contributed by atoms with Gasteiger partial charge in [-0.2, -0.15) is 0 Å². The molecule has 0 saturated heterocycles. The number of nitrogens with one attached hydrogen (secondary N) is 1. The number of ether oxygens (including phenoxy) is 1. The van der Waals surface area contributed by atoms with Crippen molar-refractivity contribution in [3.8, 4) is 5.75 Å². The molecule has 1 fully saturated rings. The number of carbonyl (C=O) groups is 2. The first-order chi connectivity index (χ1) is 9.96. The monoisotopic (exact) mass is 291 g/mol. The van der Waals surface area contributed by atoms with Crippen molar-refractivity contribution >= 4 is 11.9 Å². The number of rotatable bonds is 4. The van der Waals surface area contributed by atoms with Crippen molar-refractivity contribution in [1.82, 2.24) is 5.32 Å². The van der Waals surface area contributed by atoms with E-state index in [-0.39, 0.29) is 5.91 Å². The van der Waals surface area contributed by atoms with E-state index in [0.29, 0.717) is 24.2 Å². The molecule has 1 amide bonds. The van der Waals surface area contributed by atoms with Gasteiger partial charge in [0.25, 0.3) is 5.91 Å². The Hall–Kier alpha value is -2.04. The van der Waals surface area contributed by atoms with E-state index in [9.17, 15) is 14.7 Å². The molecule has 0 bridgehead atoms. The molecule has 1 aromatic carbocycles. The number of carboxylic acids is 1. The number of aliphatic carboxylic acids is 1. The van der Waals surface area contributed by atoms with Gasteiger partial charge >= 0.3 is 5.97 Å². The summed E-state index contributed by atoms with van der Waals surface area (Å²) in [5.41, 5.74) is -0.227. The van der Waals surface area contributed by atoms with E-state index in [1.165, 1.54) is 0 Å². The van der Waals surface area contributed by atoms with E-state index in [1.807, 2.05) is 6.92 Å². The van der Waals surface area contributed by atoms with Crippen molar-refractivity contribution in [1.29, 1.82) is 0 Å². The molecule has 5 nitrogen and oxygen atoms in total. The summed E-state index contributed by atoms with van der Waals surface area (Å²) in [6.07, 6.45) is 3.10. The van der Waals surface area contributed by atoms with Crippen molar-refractivity contribution < 1.29 is 19.4 Å². The lowest BCUT2D eigenvalue weighted by atomic mass is 9.73. The van der Waals surface area contributed by atoms with Gasteiger partial charge in [-0.3, -0.25) is 9.59 Å². The van der Waals surface area contributed by atoms with Gasteiger partial charge in [0, 0.05) is 5.56 Å².